The van der Waals surface area contributed by atoms with Gasteiger partial charge < -0.3 is 4.90 Å². The zero-order valence-corrected chi connectivity index (χ0v) is 38.1. The molecule has 11 aromatic carbocycles. The van der Waals surface area contributed by atoms with Gasteiger partial charge in [-0.15, -0.1) is 22.7 Å². The molecule has 3 heteroatoms. The van der Waals surface area contributed by atoms with E-state index in [9.17, 15) is 0 Å². The van der Waals surface area contributed by atoms with Gasteiger partial charge in [-0.1, -0.05) is 188 Å². The van der Waals surface area contributed by atoms with Gasteiger partial charge in [-0.2, -0.15) is 0 Å². The van der Waals surface area contributed by atoms with Crippen LogP contribution in [-0.2, 0) is 0 Å². The van der Waals surface area contributed by atoms with Gasteiger partial charge in [-0.25, -0.2) is 0 Å². The number of hydrogen-bond donors (Lipinski definition) is 0. The molecule has 2 aromatic heterocycles. The van der Waals surface area contributed by atoms with Crippen molar-refractivity contribution in [3.05, 3.63) is 249 Å². The van der Waals surface area contributed by atoms with E-state index in [4.69, 9.17) is 0 Å². The lowest BCUT2D eigenvalue weighted by atomic mass is 9.91. The Morgan fingerprint density at radius 1 is 0.269 bits per heavy atom. The Morgan fingerprint density at radius 2 is 0.746 bits per heavy atom. The van der Waals surface area contributed by atoms with Crippen LogP contribution in [0.2, 0.25) is 0 Å². The van der Waals surface area contributed by atoms with Crippen LogP contribution in [0.15, 0.2) is 249 Å². The van der Waals surface area contributed by atoms with Gasteiger partial charge in [0.05, 0.1) is 5.69 Å². The van der Waals surface area contributed by atoms with Crippen LogP contribution in [0.25, 0.3) is 107 Å². The number of hydrogen-bond acceptors (Lipinski definition) is 3. The molecule has 0 bridgehead atoms. The van der Waals surface area contributed by atoms with Crippen molar-refractivity contribution in [2.24, 2.45) is 0 Å². The molecule has 13 aromatic rings. The molecule has 0 atom stereocenters. The summed E-state index contributed by atoms with van der Waals surface area (Å²) in [5.74, 6) is 0. The maximum absolute atomic E-state index is 2.50. The van der Waals surface area contributed by atoms with Gasteiger partial charge in [-0.05, 0) is 127 Å². The van der Waals surface area contributed by atoms with Crippen molar-refractivity contribution in [3.63, 3.8) is 0 Å². The van der Waals surface area contributed by atoms with E-state index in [1.54, 1.807) is 0 Å². The van der Waals surface area contributed by atoms with E-state index in [-0.39, 0.29) is 0 Å². The highest BCUT2D eigenvalue weighted by Crippen LogP contribution is 2.50. The molecular formula is C64H41NS2. The Hall–Kier alpha value is -8.08. The van der Waals surface area contributed by atoms with Crippen LogP contribution in [-0.4, -0.2) is 0 Å². The molecule has 0 aliphatic rings. The Morgan fingerprint density at radius 3 is 1.34 bits per heavy atom. The standard InChI is InChI=1S/C64H41NS2/c1-5-15-42(16-6-1)49-27-32-54-58-41-52(31-36-60(58)66-61(54)39-49)65(51-29-25-46(26-30-51)57-38-48-24-14-13-23-47(48)37-56(57)45-21-11-4-12-22-45)59-35-34-53(44-19-9-3-10-20-44)64-63(59)55-33-28-50(40-62(55)67-64)43-17-7-2-8-18-43/h1-41H. The van der Waals surface area contributed by atoms with Crippen LogP contribution in [0.5, 0.6) is 0 Å². The van der Waals surface area contributed by atoms with Crippen molar-refractivity contribution < 1.29 is 0 Å². The van der Waals surface area contributed by atoms with E-state index in [1.165, 1.54) is 107 Å². The van der Waals surface area contributed by atoms with E-state index >= 15 is 0 Å². The molecular weight excluding hydrogens is 847 g/mol. The molecule has 67 heavy (non-hydrogen) atoms. The second-order valence-electron chi connectivity index (χ2n) is 17.2. The first-order valence-electron chi connectivity index (χ1n) is 22.8. The number of thiophene rings is 2. The third-order valence-electron chi connectivity index (χ3n) is 13.3. The van der Waals surface area contributed by atoms with Crippen LogP contribution in [0, 0.1) is 0 Å². The topological polar surface area (TPSA) is 3.24 Å². The van der Waals surface area contributed by atoms with Gasteiger partial charge in [-0.3, -0.25) is 0 Å². The maximum Gasteiger partial charge on any atom is 0.0555 e. The van der Waals surface area contributed by atoms with E-state index in [2.05, 4.69) is 254 Å². The summed E-state index contributed by atoms with van der Waals surface area (Å²) in [5.41, 5.74) is 15.6. The first-order chi connectivity index (χ1) is 33.2. The molecule has 0 aliphatic carbocycles. The fraction of sp³-hybridized carbons (Fsp3) is 0. The van der Waals surface area contributed by atoms with Crippen molar-refractivity contribution in [3.8, 4) is 55.6 Å². The number of anilines is 3. The molecule has 0 radical (unpaired) electrons. The van der Waals surface area contributed by atoms with Gasteiger partial charge >= 0.3 is 0 Å². The number of benzene rings is 11. The summed E-state index contributed by atoms with van der Waals surface area (Å²) in [6.45, 7) is 0. The summed E-state index contributed by atoms with van der Waals surface area (Å²) in [6.07, 6.45) is 0. The maximum atomic E-state index is 2.50. The van der Waals surface area contributed by atoms with Crippen molar-refractivity contribution in [1.29, 1.82) is 0 Å². The smallest absolute Gasteiger partial charge is 0.0555 e. The molecule has 0 N–H and O–H groups in total. The molecule has 0 fully saturated rings. The molecule has 0 saturated heterocycles. The highest BCUT2D eigenvalue weighted by atomic mass is 32.1. The normalized spacial score (nSPS) is 11.6. The van der Waals surface area contributed by atoms with Gasteiger partial charge in [0.2, 0.25) is 0 Å². The van der Waals surface area contributed by atoms with E-state index < -0.39 is 0 Å². The van der Waals surface area contributed by atoms with E-state index in [0.717, 1.165) is 17.1 Å². The molecule has 0 amide bonds. The predicted octanol–water partition coefficient (Wildman–Crippen LogP) is 19.4. The van der Waals surface area contributed by atoms with Gasteiger partial charge in [0.25, 0.3) is 0 Å². The zero-order chi connectivity index (χ0) is 44.3. The second-order valence-corrected chi connectivity index (χ2v) is 19.4. The van der Waals surface area contributed by atoms with E-state index in [1.807, 2.05) is 22.7 Å². The lowest BCUT2D eigenvalue weighted by molar-refractivity contribution is 1.31. The Bertz CT molecular complexity index is 3950. The van der Waals surface area contributed by atoms with Crippen molar-refractivity contribution >= 4 is 90.9 Å². The monoisotopic (exact) mass is 887 g/mol. The summed E-state index contributed by atoms with van der Waals surface area (Å²) in [7, 11) is 0. The molecule has 13 rings (SSSR count). The first kappa shape index (κ1) is 39.3. The molecule has 0 spiro atoms. The third kappa shape index (κ3) is 6.99. The summed E-state index contributed by atoms with van der Waals surface area (Å²) in [6, 6.07) is 91.5. The lowest BCUT2D eigenvalue weighted by Crippen LogP contribution is -2.10. The number of fused-ring (bicyclic) bond motifs is 7. The predicted molar refractivity (Wildman–Crippen MR) is 292 cm³/mol. The van der Waals surface area contributed by atoms with Gasteiger partial charge in [0, 0.05) is 51.7 Å². The second kappa shape index (κ2) is 16.4. The van der Waals surface area contributed by atoms with Crippen molar-refractivity contribution in [1.82, 2.24) is 0 Å². The number of nitrogens with zero attached hydrogens (tertiary/aromatic N) is 1. The highest BCUT2D eigenvalue weighted by Gasteiger charge is 2.23. The largest absolute Gasteiger partial charge is 0.310 e. The zero-order valence-electron chi connectivity index (χ0n) is 36.4. The van der Waals surface area contributed by atoms with Crippen LogP contribution >= 0.6 is 22.7 Å². The SMILES string of the molecule is c1ccc(-c2ccc3c(c2)sc2ccc(N(c4ccc(-c5cc6ccccc6cc5-c5ccccc5)cc4)c4ccc(-c5ccccc5)c5sc6cc(-c7ccccc7)ccc6c45)cc23)cc1. The minimum atomic E-state index is 1.10. The summed E-state index contributed by atoms with van der Waals surface area (Å²) >= 11 is 3.76. The summed E-state index contributed by atoms with van der Waals surface area (Å²) < 4.78 is 5.13. The van der Waals surface area contributed by atoms with Gasteiger partial charge in [0.15, 0.2) is 0 Å². The van der Waals surface area contributed by atoms with E-state index in [0.29, 0.717) is 0 Å². The Balaban J connectivity index is 1.03. The summed E-state index contributed by atoms with van der Waals surface area (Å²) in [5, 5.41) is 7.53. The lowest BCUT2D eigenvalue weighted by Gasteiger charge is -2.27. The summed E-state index contributed by atoms with van der Waals surface area (Å²) in [4.78, 5) is 2.50. The Kier molecular flexibility index (Phi) is 9.63. The number of rotatable bonds is 8. The fourth-order valence-electron chi connectivity index (χ4n) is 9.97. The van der Waals surface area contributed by atoms with Crippen LogP contribution in [0.3, 0.4) is 0 Å². The van der Waals surface area contributed by atoms with Crippen molar-refractivity contribution in [2.45, 2.75) is 0 Å². The van der Waals surface area contributed by atoms with Crippen LogP contribution in [0.4, 0.5) is 17.1 Å². The fourth-order valence-corrected chi connectivity index (χ4v) is 12.4. The molecule has 314 valence electrons. The molecule has 0 aliphatic heterocycles. The molecule has 1 nitrogen and oxygen atoms in total. The highest BCUT2D eigenvalue weighted by molar-refractivity contribution is 7.26. The average molecular weight is 888 g/mol. The van der Waals surface area contributed by atoms with Crippen LogP contribution in [0.1, 0.15) is 0 Å². The van der Waals surface area contributed by atoms with Crippen LogP contribution < -0.4 is 4.90 Å². The average Bonchev–Trinajstić information content (AvgIpc) is 3.98. The molecule has 0 saturated carbocycles. The Labute approximate surface area is 397 Å². The minimum absolute atomic E-state index is 1.10. The molecule has 0 unspecified atom stereocenters. The minimum Gasteiger partial charge on any atom is -0.310 e. The van der Waals surface area contributed by atoms with Crippen molar-refractivity contribution in [2.75, 3.05) is 4.90 Å². The quantitative estimate of drug-likeness (QED) is 0.147. The van der Waals surface area contributed by atoms with Gasteiger partial charge in [0.1, 0.15) is 0 Å². The third-order valence-corrected chi connectivity index (χ3v) is 15.6. The first-order valence-corrected chi connectivity index (χ1v) is 24.4. The molecule has 2 heterocycles.